The summed E-state index contributed by atoms with van der Waals surface area (Å²) < 4.78 is 0. The second-order valence-electron chi connectivity index (χ2n) is 5.64. The van der Waals surface area contributed by atoms with E-state index in [0.717, 1.165) is 43.5 Å². The van der Waals surface area contributed by atoms with Crippen molar-refractivity contribution in [3.8, 4) is 0 Å². The van der Waals surface area contributed by atoms with Crippen LogP contribution >= 0.6 is 11.3 Å². The molecule has 1 aromatic heterocycles. The molecule has 0 saturated carbocycles. The maximum atomic E-state index is 12.6. The summed E-state index contributed by atoms with van der Waals surface area (Å²) in [5.41, 5.74) is 5.91. The number of carbonyl (C=O) groups is 1. The average Bonchev–Trinajstić information content (AvgIpc) is 2.68. The number of thiazole rings is 1. The van der Waals surface area contributed by atoms with Crippen molar-refractivity contribution in [1.29, 1.82) is 0 Å². The molecule has 0 bridgehead atoms. The second-order valence-corrected chi connectivity index (χ2v) is 6.64. The number of aromatic nitrogens is 1. The highest BCUT2D eigenvalue weighted by Gasteiger charge is 2.25. The van der Waals surface area contributed by atoms with Crippen molar-refractivity contribution in [2.45, 2.75) is 46.0 Å². The normalized spacial score (nSPS) is 19.3. The zero-order valence-electron chi connectivity index (χ0n) is 13.0. The molecule has 1 atom stereocenters. The molecule has 1 amide bonds. The fraction of sp³-hybridized carbons (Fsp3) is 0.733. The van der Waals surface area contributed by atoms with Gasteiger partial charge in [0.05, 0.1) is 0 Å². The van der Waals surface area contributed by atoms with E-state index in [9.17, 15) is 4.79 Å². The van der Waals surface area contributed by atoms with E-state index < -0.39 is 0 Å². The molecule has 1 fully saturated rings. The topological polar surface area (TPSA) is 71.2 Å². The van der Waals surface area contributed by atoms with E-state index in [1.807, 2.05) is 11.8 Å². The third-order valence-corrected chi connectivity index (χ3v) is 5.02. The lowest BCUT2D eigenvalue weighted by atomic mass is 9.96. The van der Waals surface area contributed by atoms with Crippen LogP contribution in [0.3, 0.4) is 0 Å². The first-order chi connectivity index (χ1) is 10.2. The predicted octanol–water partition coefficient (Wildman–Crippen LogP) is 3.20. The minimum Gasteiger partial charge on any atom is -0.382 e. The Bertz CT molecular complexity index is 474. The molecule has 2 rings (SSSR count). The van der Waals surface area contributed by atoms with Gasteiger partial charge in [-0.05, 0) is 32.1 Å². The monoisotopic (exact) mass is 310 g/mol. The van der Waals surface area contributed by atoms with Crippen LogP contribution in [-0.2, 0) is 0 Å². The molecule has 1 unspecified atom stereocenters. The Hall–Kier alpha value is -1.30. The number of nitrogens with one attached hydrogen (secondary N) is 1. The predicted molar refractivity (Wildman–Crippen MR) is 88.8 cm³/mol. The summed E-state index contributed by atoms with van der Waals surface area (Å²) in [6, 6.07) is 0. The molecule has 5 nitrogen and oxygen atoms in total. The number of likely N-dealkylation sites (tertiary alicyclic amines) is 1. The molecule has 3 N–H and O–H groups in total. The Labute approximate surface area is 130 Å². The molecule has 21 heavy (non-hydrogen) atoms. The van der Waals surface area contributed by atoms with Crippen LogP contribution in [-0.4, -0.2) is 35.4 Å². The molecule has 1 aromatic rings. The maximum Gasteiger partial charge on any atom is 0.267 e. The number of nitrogens with two attached hydrogens (primary N) is 1. The van der Waals surface area contributed by atoms with Crippen LogP contribution in [0.5, 0.6) is 0 Å². The largest absolute Gasteiger partial charge is 0.382 e. The van der Waals surface area contributed by atoms with Crippen LogP contribution in [0.2, 0.25) is 0 Å². The Balaban J connectivity index is 2.02. The van der Waals surface area contributed by atoms with Gasteiger partial charge in [0.2, 0.25) is 0 Å². The molecule has 0 aliphatic carbocycles. The fourth-order valence-electron chi connectivity index (χ4n) is 2.92. The molecular formula is C15H26N4OS. The van der Waals surface area contributed by atoms with Crippen molar-refractivity contribution >= 4 is 28.2 Å². The third-order valence-electron chi connectivity index (χ3n) is 4.01. The van der Waals surface area contributed by atoms with Gasteiger partial charge in [0.25, 0.3) is 5.91 Å². The standard InChI is InChI=1S/C15H26N4OS/c1-3-6-11-7-5-9-19(10-8-11)14(20)12-13(16)18-15(21-12)17-4-2/h11H,3-10,16H2,1-2H3,(H,17,18). The Morgan fingerprint density at radius 2 is 2.24 bits per heavy atom. The van der Waals surface area contributed by atoms with Crippen LogP contribution < -0.4 is 11.1 Å². The second kappa shape index (κ2) is 7.64. The van der Waals surface area contributed by atoms with Crippen molar-refractivity contribution in [3.05, 3.63) is 4.88 Å². The van der Waals surface area contributed by atoms with Gasteiger partial charge >= 0.3 is 0 Å². The van der Waals surface area contributed by atoms with Crippen LogP contribution in [0.4, 0.5) is 10.9 Å². The number of rotatable bonds is 5. The number of anilines is 2. The highest BCUT2D eigenvalue weighted by atomic mass is 32.1. The van der Waals surface area contributed by atoms with Crippen molar-refractivity contribution in [3.63, 3.8) is 0 Å². The molecule has 1 aliphatic heterocycles. The smallest absolute Gasteiger partial charge is 0.267 e. The Morgan fingerprint density at radius 3 is 2.95 bits per heavy atom. The number of amides is 1. The van der Waals surface area contributed by atoms with Crippen LogP contribution in [0, 0.1) is 5.92 Å². The summed E-state index contributed by atoms with van der Waals surface area (Å²) in [5.74, 6) is 1.17. The zero-order valence-corrected chi connectivity index (χ0v) is 13.8. The SMILES string of the molecule is CCCC1CCCN(C(=O)c2sc(NCC)nc2N)CC1. The van der Waals surface area contributed by atoms with E-state index in [1.165, 1.54) is 30.6 Å². The number of nitrogens with zero attached hydrogens (tertiary/aromatic N) is 2. The van der Waals surface area contributed by atoms with E-state index >= 15 is 0 Å². The molecule has 0 spiro atoms. The van der Waals surface area contributed by atoms with Gasteiger partial charge in [0, 0.05) is 19.6 Å². The van der Waals surface area contributed by atoms with Gasteiger partial charge in [0.1, 0.15) is 10.7 Å². The molecule has 2 heterocycles. The number of carbonyl (C=O) groups excluding carboxylic acids is 1. The fourth-order valence-corrected chi connectivity index (χ4v) is 3.84. The van der Waals surface area contributed by atoms with E-state index in [-0.39, 0.29) is 5.91 Å². The highest BCUT2D eigenvalue weighted by Crippen LogP contribution is 2.28. The van der Waals surface area contributed by atoms with E-state index in [1.54, 1.807) is 0 Å². The molecule has 118 valence electrons. The van der Waals surface area contributed by atoms with E-state index in [0.29, 0.717) is 10.7 Å². The lowest BCUT2D eigenvalue weighted by Crippen LogP contribution is -2.31. The summed E-state index contributed by atoms with van der Waals surface area (Å²) in [4.78, 5) is 19.4. The summed E-state index contributed by atoms with van der Waals surface area (Å²) in [7, 11) is 0. The zero-order chi connectivity index (χ0) is 15.2. The van der Waals surface area contributed by atoms with Crippen molar-refractivity contribution < 1.29 is 4.79 Å². The molecule has 6 heteroatoms. The van der Waals surface area contributed by atoms with Crippen LogP contribution in [0.1, 0.15) is 55.6 Å². The Morgan fingerprint density at radius 1 is 1.43 bits per heavy atom. The van der Waals surface area contributed by atoms with Gasteiger partial charge in [0.15, 0.2) is 5.13 Å². The highest BCUT2D eigenvalue weighted by molar-refractivity contribution is 7.18. The Kier molecular flexibility index (Phi) is 5.85. The first-order valence-corrected chi connectivity index (χ1v) is 8.76. The lowest BCUT2D eigenvalue weighted by Gasteiger charge is -2.20. The van der Waals surface area contributed by atoms with Crippen LogP contribution in [0.15, 0.2) is 0 Å². The van der Waals surface area contributed by atoms with E-state index in [4.69, 9.17) is 5.73 Å². The van der Waals surface area contributed by atoms with Gasteiger partial charge in [-0.3, -0.25) is 4.79 Å². The minimum atomic E-state index is 0.0475. The summed E-state index contributed by atoms with van der Waals surface area (Å²) >= 11 is 1.37. The average molecular weight is 310 g/mol. The first kappa shape index (κ1) is 16.1. The maximum absolute atomic E-state index is 12.6. The molecule has 0 aromatic carbocycles. The van der Waals surface area contributed by atoms with Crippen molar-refractivity contribution in [2.75, 3.05) is 30.7 Å². The quantitative estimate of drug-likeness (QED) is 0.876. The van der Waals surface area contributed by atoms with Gasteiger partial charge < -0.3 is 16.0 Å². The van der Waals surface area contributed by atoms with Gasteiger partial charge in [-0.1, -0.05) is 31.1 Å². The lowest BCUT2D eigenvalue weighted by molar-refractivity contribution is 0.0765. The summed E-state index contributed by atoms with van der Waals surface area (Å²) in [6.07, 6.45) is 5.94. The minimum absolute atomic E-state index is 0.0475. The van der Waals surface area contributed by atoms with Gasteiger partial charge in [-0.25, -0.2) is 4.98 Å². The van der Waals surface area contributed by atoms with Crippen molar-refractivity contribution in [1.82, 2.24) is 9.88 Å². The van der Waals surface area contributed by atoms with Gasteiger partial charge in [-0.15, -0.1) is 0 Å². The van der Waals surface area contributed by atoms with Crippen LogP contribution in [0.25, 0.3) is 0 Å². The first-order valence-electron chi connectivity index (χ1n) is 7.95. The summed E-state index contributed by atoms with van der Waals surface area (Å²) in [6.45, 7) is 6.70. The molecule has 1 aliphatic rings. The van der Waals surface area contributed by atoms with E-state index in [2.05, 4.69) is 17.2 Å². The van der Waals surface area contributed by atoms with Crippen molar-refractivity contribution in [2.24, 2.45) is 5.92 Å². The summed E-state index contributed by atoms with van der Waals surface area (Å²) in [5, 5.41) is 3.85. The molecule has 0 radical (unpaired) electrons. The molecule has 1 saturated heterocycles. The number of hydrogen-bond acceptors (Lipinski definition) is 5. The number of nitrogen functional groups attached to an aromatic ring is 1. The molecular weight excluding hydrogens is 284 g/mol. The number of hydrogen-bond donors (Lipinski definition) is 2. The van der Waals surface area contributed by atoms with Gasteiger partial charge in [-0.2, -0.15) is 0 Å². The third kappa shape index (κ3) is 4.09.